The molecule has 2 aromatic heterocycles. The Hall–Kier alpha value is -3.84. The first-order chi connectivity index (χ1) is 15.1. The fourth-order valence-corrected chi connectivity index (χ4v) is 2.98. The van der Waals surface area contributed by atoms with E-state index in [1.165, 1.54) is 6.26 Å². The van der Waals surface area contributed by atoms with Crippen molar-refractivity contribution in [1.82, 2.24) is 4.98 Å². The summed E-state index contributed by atoms with van der Waals surface area (Å²) in [6.45, 7) is 0. The maximum absolute atomic E-state index is 12.2. The average Bonchev–Trinajstić information content (AvgIpc) is 3.47. The maximum Gasteiger partial charge on any atom is 0.291 e. The van der Waals surface area contributed by atoms with Gasteiger partial charge in [0.05, 0.1) is 12.5 Å². The van der Waals surface area contributed by atoms with E-state index >= 15 is 0 Å². The topological polar surface area (TPSA) is 97.4 Å². The molecule has 0 aliphatic rings. The Morgan fingerprint density at radius 3 is 2.32 bits per heavy atom. The van der Waals surface area contributed by atoms with E-state index in [-0.39, 0.29) is 24.0 Å². The number of carbonyl (C=O) groups is 2. The number of carbonyl (C=O) groups excluding carboxylic acids is 2. The lowest BCUT2D eigenvalue weighted by molar-refractivity contribution is -0.116. The van der Waals surface area contributed by atoms with Crippen LogP contribution in [0.25, 0.3) is 11.3 Å². The van der Waals surface area contributed by atoms with Crippen molar-refractivity contribution >= 4 is 34.8 Å². The monoisotopic (exact) mass is 435 g/mol. The molecule has 0 radical (unpaired) electrons. The minimum atomic E-state index is -0.342. The summed E-state index contributed by atoms with van der Waals surface area (Å²) in [6.07, 6.45) is 3.66. The lowest BCUT2D eigenvalue weighted by Gasteiger charge is -2.07. The van der Waals surface area contributed by atoms with Crippen molar-refractivity contribution in [1.29, 1.82) is 0 Å². The smallest absolute Gasteiger partial charge is 0.291 e. The Morgan fingerprint density at radius 1 is 0.935 bits per heavy atom. The van der Waals surface area contributed by atoms with Crippen LogP contribution in [0, 0.1) is 0 Å². The van der Waals surface area contributed by atoms with Crippen molar-refractivity contribution < 1.29 is 18.4 Å². The molecule has 0 fully saturated rings. The first-order valence-electron chi connectivity index (χ1n) is 9.52. The summed E-state index contributed by atoms with van der Waals surface area (Å²) in [5.74, 6) is 0.822. The molecule has 0 spiro atoms. The fraction of sp³-hybridized carbons (Fsp3) is 0.0870. The van der Waals surface area contributed by atoms with Crippen molar-refractivity contribution in [2.24, 2.45) is 0 Å². The van der Waals surface area contributed by atoms with Crippen LogP contribution in [0.2, 0.25) is 5.02 Å². The van der Waals surface area contributed by atoms with E-state index in [1.807, 2.05) is 12.1 Å². The molecule has 8 heteroatoms. The first kappa shape index (κ1) is 20.4. The van der Waals surface area contributed by atoms with Crippen LogP contribution in [0.5, 0.6) is 0 Å². The number of hydrogen-bond donors (Lipinski definition) is 2. The van der Waals surface area contributed by atoms with Crippen molar-refractivity contribution in [3.8, 4) is 11.3 Å². The third kappa shape index (κ3) is 5.40. The second-order valence-electron chi connectivity index (χ2n) is 6.68. The highest BCUT2D eigenvalue weighted by molar-refractivity contribution is 6.30. The van der Waals surface area contributed by atoms with Gasteiger partial charge in [0.2, 0.25) is 5.91 Å². The molecule has 0 aliphatic carbocycles. The molecule has 2 amide bonds. The van der Waals surface area contributed by atoms with Gasteiger partial charge in [0.15, 0.2) is 17.4 Å². The molecule has 156 valence electrons. The average molecular weight is 436 g/mol. The largest absolute Gasteiger partial charge is 0.459 e. The zero-order valence-electron chi connectivity index (χ0n) is 16.3. The van der Waals surface area contributed by atoms with Crippen molar-refractivity contribution in [2.45, 2.75) is 12.8 Å². The molecule has 0 unspecified atom stereocenters. The minimum Gasteiger partial charge on any atom is -0.459 e. The highest BCUT2D eigenvalue weighted by Crippen LogP contribution is 2.23. The number of aromatic nitrogens is 1. The number of aryl methyl sites for hydroxylation is 1. The quantitative estimate of drug-likeness (QED) is 0.404. The summed E-state index contributed by atoms with van der Waals surface area (Å²) in [7, 11) is 0. The van der Waals surface area contributed by atoms with Gasteiger partial charge in [-0.3, -0.25) is 9.59 Å². The van der Waals surface area contributed by atoms with Crippen LogP contribution in [0.15, 0.2) is 82.0 Å². The lowest BCUT2D eigenvalue weighted by atomic mass is 10.2. The lowest BCUT2D eigenvalue weighted by Crippen LogP contribution is -2.13. The second-order valence-corrected chi connectivity index (χ2v) is 7.12. The number of anilines is 2. The Balaban J connectivity index is 1.27. The molecular formula is C23H18ClN3O4. The molecule has 4 aromatic rings. The van der Waals surface area contributed by atoms with Crippen molar-refractivity contribution in [3.05, 3.63) is 89.8 Å². The molecule has 2 N–H and O–H groups in total. The van der Waals surface area contributed by atoms with Gasteiger partial charge in [0.1, 0.15) is 0 Å². The van der Waals surface area contributed by atoms with Gasteiger partial charge in [-0.2, -0.15) is 0 Å². The van der Waals surface area contributed by atoms with Gasteiger partial charge in [0, 0.05) is 34.8 Å². The molecule has 7 nitrogen and oxygen atoms in total. The van der Waals surface area contributed by atoms with E-state index in [4.69, 9.17) is 20.4 Å². The first-order valence-corrected chi connectivity index (χ1v) is 9.90. The summed E-state index contributed by atoms with van der Waals surface area (Å²) in [4.78, 5) is 28.4. The molecule has 4 rings (SSSR count). The summed E-state index contributed by atoms with van der Waals surface area (Å²) in [6, 6.07) is 17.3. The van der Waals surface area contributed by atoms with Crippen LogP contribution < -0.4 is 10.6 Å². The van der Waals surface area contributed by atoms with E-state index < -0.39 is 0 Å². The molecule has 2 heterocycles. The summed E-state index contributed by atoms with van der Waals surface area (Å²) in [5.41, 5.74) is 2.08. The van der Waals surface area contributed by atoms with Gasteiger partial charge in [-0.1, -0.05) is 11.6 Å². The van der Waals surface area contributed by atoms with Crippen LogP contribution in [-0.4, -0.2) is 16.8 Å². The van der Waals surface area contributed by atoms with Crippen LogP contribution in [0.3, 0.4) is 0 Å². The number of benzene rings is 2. The zero-order valence-corrected chi connectivity index (χ0v) is 17.1. The van der Waals surface area contributed by atoms with Gasteiger partial charge in [0.25, 0.3) is 5.91 Å². The number of hydrogen-bond acceptors (Lipinski definition) is 5. The number of furan rings is 1. The number of nitrogens with zero attached hydrogens (tertiary/aromatic N) is 1. The SMILES string of the molecule is O=C(CCc1ncc(-c2ccc(Cl)cc2)o1)Nc1ccc(NC(=O)c2ccco2)cc1. The molecule has 0 saturated heterocycles. The molecule has 2 aromatic carbocycles. The Bertz CT molecular complexity index is 1170. The Labute approximate surface area is 183 Å². The van der Waals surface area contributed by atoms with E-state index in [0.29, 0.717) is 34.5 Å². The maximum atomic E-state index is 12.2. The number of rotatable bonds is 7. The Morgan fingerprint density at radius 2 is 1.65 bits per heavy atom. The second kappa shape index (κ2) is 9.32. The van der Waals surface area contributed by atoms with Crippen LogP contribution >= 0.6 is 11.6 Å². The summed E-state index contributed by atoms with van der Waals surface area (Å²) in [5, 5.41) is 6.17. The predicted octanol–water partition coefficient (Wildman–Crippen LogP) is 5.41. The van der Waals surface area contributed by atoms with Crippen LogP contribution in [0.1, 0.15) is 22.9 Å². The number of nitrogens with one attached hydrogen (secondary N) is 2. The van der Waals surface area contributed by atoms with Crippen molar-refractivity contribution in [3.63, 3.8) is 0 Å². The number of oxazole rings is 1. The summed E-state index contributed by atoms with van der Waals surface area (Å²) >= 11 is 5.89. The zero-order chi connectivity index (χ0) is 21.6. The normalized spacial score (nSPS) is 10.6. The molecule has 0 saturated carbocycles. The third-order valence-electron chi connectivity index (χ3n) is 4.42. The Kier molecular flexibility index (Phi) is 6.14. The fourth-order valence-electron chi connectivity index (χ4n) is 2.85. The van der Waals surface area contributed by atoms with E-state index in [0.717, 1.165) is 5.56 Å². The number of halogens is 1. The number of amides is 2. The molecule has 0 bridgehead atoms. The van der Waals surface area contributed by atoms with Crippen molar-refractivity contribution in [2.75, 3.05) is 10.6 Å². The van der Waals surface area contributed by atoms with Gasteiger partial charge in [-0.15, -0.1) is 0 Å². The van der Waals surface area contributed by atoms with E-state index in [1.54, 1.807) is 54.7 Å². The van der Waals surface area contributed by atoms with E-state index in [2.05, 4.69) is 15.6 Å². The molecule has 0 atom stereocenters. The minimum absolute atomic E-state index is 0.168. The highest BCUT2D eigenvalue weighted by Gasteiger charge is 2.11. The van der Waals surface area contributed by atoms with Gasteiger partial charge >= 0.3 is 0 Å². The highest BCUT2D eigenvalue weighted by atomic mass is 35.5. The standard InChI is InChI=1S/C23H18ClN3O4/c24-16-5-3-15(4-6-16)20-14-25-22(31-20)12-11-21(28)26-17-7-9-18(10-8-17)27-23(29)19-2-1-13-30-19/h1-10,13-14H,11-12H2,(H,26,28)(H,27,29). The van der Waals surface area contributed by atoms with Gasteiger partial charge < -0.3 is 19.5 Å². The summed E-state index contributed by atoms with van der Waals surface area (Å²) < 4.78 is 10.8. The van der Waals surface area contributed by atoms with Gasteiger partial charge in [-0.05, 0) is 60.7 Å². The predicted molar refractivity (Wildman–Crippen MR) is 117 cm³/mol. The van der Waals surface area contributed by atoms with Gasteiger partial charge in [-0.25, -0.2) is 4.98 Å². The van der Waals surface area contributed by atoms with Crippen LogP contribution in [-0.2, 0) is 11.2 Å². The molecule has 31 heavy (non-hydrogen) atoms. The van der Waals surface area contributed by atoms with E-state index in [9.17, 15) is 9.59 Å². The third-order valence-corrected chi connectivity index (χ3v) is 4.67. The molecular weight excluding hydrogens is 418 g/mol. The molecule has 0 aliphatic heterocycles. The van der Waals surface area contributed by atoms with Crippen LogP contribution in [0.4, 0.5) is 11.4 Å².